The van der Waals surface area contributed by atoms with Crippen LogP contribution >= 0.6 is 24.0 Å². The van der Waals surface area contributed by atoms with Crippen LogP contribution in [0.1, 0.15) is 12.0 Å². The van der Waals surface area contributed by atoms with E-state index in [2.05, 4.69) is 10.2 Å². The molecule has 0 amide bonds. The fourth-order valence-electron chi connectivity index (χ4n) is 3.35. The largest absolute Gasteiger partial charge is 0.316 e. The first kappa shape index (κ1) is 16.5. The molecule has 1 aromatic carbocycles. The van der Waals surface area contributed by atoms with E-state index in [1.807, 2.05) is 0 Å². The highest BCUT2D eigenvalue weighted by Crippen LogP contribution is 2.29. The zero-order valence-electron chi connectivity index (χ0n) is 11.6. The number of hydrogen-bond donors (Lipinski definition) is 1. The highest BCUT2D eigenvalue weighted by molar-refractivity contribution is 6.30. The molecule has 0 aromatic heterocycles. The van der Waals surface area contributed by atoms with E-state index < -0.39 is 0 Å². The molecule has 116 valence electrons. The summed E-state index contributed by atoms with van der Waals surface area (Å²) in [4.78, 5) is 13.1. The van der Waals surface area contributed by atoms with E-state index in [9.17, 15) is 10.1 Å². The molecule has 7 heteroatoms. The summed E-state index contributed by atoms with van der Waals surface area (Å²) in [6.07, 6.45) is 1.17. The number of halogens is 2. The number of hydrogen-bond acceptors (Lipinski definition) is 4. The van der Waals surface area contributed by atoms with Gasteiger partial charge >= 0.3 is 0 Å². The van der Waals surface area contributed by atoms with Crippen molar-refractivity contribution in [3.63, 3.8) is 0 Å². The SMILES string of the molecule is Cl.O=[N+]([O-])c1ccc(Cl)cc1CN1CCC2CNCC2C1. The molecular formula is C14H19Cl2N3O2. The lowest BCUT2D eigenvalue weighted by Gasteiger charge is -2.34. The second-order valence-corrected chi connectivity index (χ2v) is 6.17. The zero-order valence-corrected chi connectivity index (χ0v) is 13.2. The van der Waals surface area contributed by atoms with Crippen molar-refractivity contribution >= 4 is 29.7 Å². The Morgan fingerprint density at radius 1 is 1.38 bits per heavy atom. The first-order chi connectivity index (χ1) is 9.63. The summed E-state index contributed by atoms with van der Waals surface area (Å²) in [6, 6.07) is 4.80. The van der Waals surface area contributed by atoms with Gasteiger partial charge in [0.25, 0.3) is 5.69 Å². The Bertz CT molecular complexity index is 527. The van der Waals surface area contributed by atoms with E-state index in [0.717, 1.165) is 32.1 Å². The van der Waals surface area contributed by atoms with Gasteiger partial charge in [-0.1, -0.05) is 11.6 Å². The molecule has 0 bridgehead atoms. The molecule has 2 fully saturated rings. The first-order valence-corrected chi connectivity index (χ1v) is 7.37. The van der Waals surface area contributed by atoms with Crippen LogP contribution in [0.5, 0.6) is 0 Å². The maximum Gasteiger partial charge on any atom is 0.273 e. The van der Waals surface area contributed by atoms with Crippen molar-refractivity contribution in [1.82, 2.24) is 10.2 Å². The van der Waals surface area contributed by atoms with Gasteiger partial charge in [0.05, 0.1) is 4.92 Å². The number of nitrogens with zero attached hydrogens (tertiary/aromatic N) is 2. The third-order valence-corrected chi connectivity index (χ3v) is 4.66. The molecule has 2 unspecified atom stereocenters. The first-order valence-electron chi connectivity index (χ1n) is 6.99. The maximum absolute atomic E-state index is 11.1. The molecule has 0 spiro atoms. The van der Waals surface area contributed by atoms with Crippen molar-refractivity contribution in [1.29, 1.82) is 0 Å². The lowest BCUT2D eigenvalue weighted by atomic mass is 9.88. The van der Waals surface area contributed by atoms with Crippen LogP contribution in [0.25, 0.3) is 0 Å². The topological polar surface area (TPSA) is 58.4 Å². The number of likely N-dealkylation sites (tertiary alicyclic amines) is 1. The van der Waals surface area contributed by atoms with Crippen molar-refractivity contribution in [3.05, 3.63) is 38.9 Å². The van der Waals surface area contributed by atoms with E-state index in [1.54, 1.807) is 12.1 Å². The van der Waals surface area contributed by atoms with Crippen LogP contribution in [0.4, 0.5) is 5.69 Å². The predicted molar refractivity (Wildman–Crippen MR) is 85.1 cm³/mol. The molecule has 1 N–H and O–H groups in total. The molecule has 2 atom stereocenters. The van der Waals surface area contributed by atoms with Gasteiger partial charge in [0.15, 0.2) is 0 Å². The minimum Gasteiger partial charge on any atom is -0.316 e. The Labute approximate surface area is 135 Å². The van der Waals surface area contributed by atoms with E-state index in [-0.39, 0.29) is 23.0 Å². The summed E-state index contributed by atoms with van der Waals surface area (Å²) in [7, 11) is 0. The zero-order chi connectivity index (χ0) is 14.1. The predicted octanol–water partition coefficient (Wildman–Crippen LogP) is 2.71. The van der Waals surface area contributed by atoms with Gasteiger partial charge in [-0.2, -0.15) is 0 Å². The molecule has 0 aliphatic carbocycles. The number of piperidine rings is 1. The molecule has 1 aromatic rings. The Morgan fingerprint density at radius 2 is 2.14 bits per heavy atom. The quantitative estimate of drug-likeness (QED) is 0.683. The van der Waals surface area contributed by atoms with Crippen LogP contribution < -0.4 is 5.32 Å². The highest BCUT2D eigenvalue weighted by atomic mass is 35.5. The average molecular weight is 332 g/mol. The molecule has 2 aliphatic heterocycles. The van der Waals surface area contributed by atoms with E-state index >= 15 is 0 Å². The van der Waals surface area contributed by atoms with Crippen LogP contribution in [-0.4, -0.2) is 36.0 Å². The van der Waals surface area contributed by atoms with Gasteiger partial charge in [-0.25, -0.2) is 0 Å². The lowest BCUT2D eigenvalue weighted by Crippen LogP contribution is -2.39. The van der Waals surface area contributed by atoms with Crippen molar-refractivity contribution in [2.75, 3.05) is 26.2 Å². The summed E-state index contributed by atoms with van der Waals surface area (Å²) in [6.45, 7) is 4.82. The Morgan fingerprint density at radius 3 is 2.90 bits per heavy atom. The number of benzene rings is 1. The minimum absolute atomic E-state index is 0. The fourth-order valence-corrected chi connectivity index (χ4v) is 3.55. The van der Waals surface area contributed by atoms with E-state index in [1.165, 1.54) is 12.5 Å². The van der Waals surface area contributed by atoms with Crippen molar-refractivity contribution < 1.29 is 4.92 Å². The van der Waals surface area contributed by atoms with Gasteiger partial charge in [0, 0.05) is 29.7 Å². The fraction of sp³-hybridized carbons (Fsp3) is 0.571. The Balaban J connectivity index is 0.00000161. The Kier molecular flexibility index (Phi) is 5.43. The van der Waals surface area contributed by atoms with Gasteiger partial charge in [-0.15, -0.1) is 12.4 Å². The summed E-state index contributed by atoms with van der Waals surface area (Å²) >= 11 is 5.98. The normalized spacial score (nSPS) is 25.2. The Hall–Kier alpha value is -0.880. The third kappa shape index (κ3) is 3.66. The van der Waals surface area contributed by atoms with E-state index in [4.69, 9.17) is 11.6 Å². The molecule has 2 saturated heterocycles. The number of fused-ring (bicyclic) bond motifs is 1. The molecule has 2 heterocycles. The average Bonchev–Trinajstić information content (AvgIpc) is 2.85. The van der Waals surface area contributed by atoms with Crippen LogP contribution in [0.3, 0.4) is 0 Å². The third-order valence-electron chi connectivity index (χ3n) is 4.42. The van der Waals surface area contributed by atoms with Crippen LogP contribution in [0.15, 0.2) is 18.2 Å². The van der Waals surface area contributed by atoms with Gasteiger partial charge in [-0.05, 0) is 50.0 Å². The smallest absolute Gasteiger partial charge is 0.273 e. The monoisotopic (exact) mass is 331 g/mol. The van der Waals surface area contributed by atoms with Crippen molar-refractivity contribution in [2.24, 2.45) is 11.8 Å². The second-order valence-electron chi connectivity index (χ2n) is 5.73. The molecule has 0 radical (unpaired) electrons. The highest BCUT2D eigenvalue weighted by Gasteiger charge is 2.33. The summed E-state index contributed by atoms with van der Waals surface area (Å²) in [5.74, 6) is 1.46. The molecule has 2 aliphatic rings. The van der Waals surface area contributed by atoms with Crippen molar-refractivity contribution in [3.8, 4) is 0 Å². The van der Waals surface area contributed by atoms with Crippen LogP contribution in [0.2, 0.25) is 5.02 Å². The van der Waals surface area contributed by atoms with Gasteiger partial charge in [0.2, 0.25) is 0 Å². The molecular weight excluding hydrogens is 313 g/mol. The van der Waals surface area contributed by atoms with Gasteiger partial charge in [0.1, 0.15) is 0 Å². The molecule has 5 nitrogen and oxygen atoms in total. The summed E-state index contributed by atoms with van der Waals surface area (Å²) in [5, 5.41) is 15.1. The molecule has 3 rings (SSSR count). The summed E-state index contributed by atoms with van der Waals surface area (Å²) < 4.78 is 0. The number of nitro benzene ring substituents is 1. The number of nitrogens with one attached hydrogen (secondary N) is 1. The van der Waals surface area contributed by atoms with Crippen molar-refractivity contribution in [2.45, 2.75) is 13.0 Å². The lowest BCUT2D eigenvalue weighted by molar-refractivity contribution is -0.385. The van der Waals surface area contributed by atoms with Crippen LogP contribution in [-0.2, 0) is 6.54 Å². The maximum atomic E-state index is 11.1. The summed E-state index contributed by atoms with van der Waals surface area (Å²) in [5.41, 5.74) is 0.882. The van der Waals surface area contributed by atoms with Crippen LogP contribution in [0, 0.1) is 22.0 Å². The van der Waals surface area contributed by atoms with Gasteiger partial charge in [-0.3, -0.25) is 15.0 Å². The second kappa shape index (κ2) is 6.92. The van der Waals surface area contributed by atoms with Gasteiger partial charge < -0.3 is 5.32 Å². The molecule has 21 heavy (non-hydrogen) atoms. The minimum atomic E-state index is -0.324. The number of nitro groups is 1. The van der Waals surface area contributed by atoms with E-state index in [0.29, 0.717) is 23.0 Å². The standard InChI is InChI=1S/C14H18ClN3O2.ClH/c15-13-1-2-14(18(19)20)11(5-13)8-17-4-3-10-6-16-7-12(10)9-17;/h1-2,5,10,12,16H,3-4,6-9H2;1H. The number of rotatable bonds is 3. The molecule has 0 saturated carbocycles.